The third-order valence-corrected chi connectivity index (χ3v) is 6.85. The van der Waals surface area contributed by atoms with Gasteiger partial charge in [0.1, 0.15) is 5.54 Å². The highest BCUT2D eigenvalue weighted by Crippen LogP contribution is 2.44. The van der Waals surface area contributed by atoms with E-state index in [0.29, 0.717) is 19.5 Å². The van der Waals surface area contributed by atoms with Gasteiger partial charge in [-0.1, -0.05) is 11.6 Å². The Balaban J connectivity index is 1.23. The highest BCUT2D eigenvalue weighted by atomic mass is 35.5. The Morgan fingerprint density at radius 2 is 2.07 bits per heavy atom. The maximum Gasteiger partial charge on any atom is 0.322 e. The Morgan fingerprint density at radius 1 is 1.25 bits per heavy atom. The monoisotopic (exact) mass is 402 g/mol. The first-order valence-electron chi connectivity index (χ1n) is 9.93. The fourth-order valence-electron chi connectivity index (χ4n) is 5.04. The lowest BCUT2D eigenvalue weighted by Crippen LogP contribution is -2.54. The molecule has 7 nitrogen and oxygen atoms in total. The number of hydrogen-bond acceptors (Lipinski definition) is 4. The van der Waals surface area contributed by atoms with Crippen molar-refractivity contribution in [2.24, 2.45) is 5.92 Å². The zero-order valence-electron chi connectivity index (χ0n) is 15.5. The molecule has 2 atom stereocenters. The third-order valence-electron chi connectivity index (χ3n) is 6.62. The number of carbonyl (C=O) groups is 3. The minimum atomic E-state index is -0.894. The molecular weight excluding hydrogens is 380 g/mol. The molecule has 148 valence electrons. The van der Waals surface area contributed by atoms with Crippen LogP contribution in [0.25, 0.3) is 0 Å². The molecule has 4 aliphatic rings. The number of fused-ring (bicyclic) bond motifs is 3. The molecule has 2 saturated heterocycles. The Hall–Kier alpha value is -2.28. The van der Waals surface area contributed by atoms with Crippen LogP contribution < -0.4 is 15.5 Å². The third kappa shape index (κ3) is 2.83. The molecule has 1 unspecified atom stereocenters. The fourth-order valence-corrected chi connectivity index (χ4v) is 5.23. The van der Waals surface area contributed by atoms with E-state index in [4.69, 9.17) is 11.6 Å². The molecule has 28 heavy (non-hydrogen) atoms. The molecule has 4 amide bonds. The van der Waals surface area contributed by atoms with Gasteiger partial charge in [0.2, 0.25) is 5.91 Å². The smallest absolute Gasteiger partial charge is 0.322 e. The van der Waals surface area contributed by atoms with Gasteiger partial charge in [-0.2, -0.15) is 0 Å². The average Bonchev–Trinajstić information content (AvgIpc) is 3.39. The first-order valence-corrected chi connectivity index (χ1v) is 10.3. The van der Waals surface area contributed by atoms with Gasteiger partial charge in [0.15, 0.2) is 0 Å². The van der Waals surface area contributed by atoms with Gasteiger partial charge >= 0.3 is 6.03 Å². The molecule has 2 N–H and O–H groups in total. The number of amides is 4. The molecule has 0 radical (unpaired) electrons. The lowest BCUT2D eigenvalue weighted by molar-refractivity contribution is -0.133. The maximum atomic E-state index is 12.9. The molecule has 3 heterocycles. The van der Waals surface area contributed by atoms with Crippen molar-refractivity contribution in [3.05, 3.63) is 28.8 Å². The lowest BCUT2D eigenvalue weighted by Gasteiger charge is -2.39. The van der Waals surface area contributed by atoms with Crippen molar-refractivity contribution in [3.63, 3.8) is 0 Å². The van der Waals surface area contributed by atoms with Gasteiger partial charge in [-0.05, 0) is 55.4 Å². The highest BCUT2D eigenvalue weighted by molar-refractivity contribution is 6.30. The number of urea groups is 1. The lowest BCUT2D eigenvalue weighted by atomic mass is 9.87. The molecule has 5 rings (SSSR count). The van der Waals surface area contributed by atoms with E-state index in [2.05, 4.69) is 21.6 Å². The summed E-state index contributed by atoms with van der Waals surface area (Å²) in [5.74, 6) is -0.0685. The van der Waals surface area contributed by atoms with Crippen LogP contribution in [0.2, 0.25) is 5.02 Å². The van der Waals surface area contributed by atoms with Crippen LogP contribution in [0.1, 0.15) is 31.2 Å². The second kappa shape index (κ2) is 6.37. The SMILES string of the molecule is O=C1NC(=O)[C@](CCC(=O)N2CCN3c4ccc(Cl)cc4CC3C2)(C2CC2)N1. The van der Waals surface area contributed by atoms with E-state index in [1.807, 2.05) is 17.0 Å². The van der Waals surface area contributed by atoms with Crippen molar-refractivity contribution in [1.82, 2.24) is 15.5 Å². The minimum absolute atomic E-state index is 0.0580. The quantitative estimate of drug-likeness (QED) is 0.751. The van der Waals surface area contributed by atoms with E-state index < -0.39 is 11.6 Å². The number of anilines is 1. The maximum absolute atomic E-state index is 12.9. The van der Waals surface area contributed by atoms with Gasteiger partial charge < -0.3 is 15.1 Å². The van der Waals surface area contributed by atoms with E-state index in [9.17, 15) is 14.4 Å². The summed E-state index contributed by atoms with van der Waals surface area (Å²) in [5, 5.41) is 5.89. The number of nitrogens with one attached hydrogen (secondary N) is 2. The summed E-state index contributed by atoms with van der Waals surface area (Å²) < 4.78 is 0. The van der Waals surface area contributed by atoms with E-state index in [-0.39, 0.29) is 30.2 Å². The van der Waals surface area contributed by atoms with E-state index in [1.54, 1.807) is 0 Å². The minimum Gasteiger partial charge on any atom is -0.364 e. The normalized spacial score (nSPS) is 28.7. The van der Waals surface area contributed by atoms with Crippen molar-refractivity contribution in [2.45, 2.75) is 43.7 Å². The van der Waals surface area contributed by atoms with Gasteiger partial charge in [0.05, 0.1) is 6.04 Å². The summed E-state index contributed by atoms with van der Waals surface area (Å²) >= 11 is 6.12. The molecule has 0 bridgehead atoms. The number of imide groups is 1. The second-order valence-corrected chi connectivity index (χ2v) is 8.75. The van der Waals surface area contributed by atoms with Crippen molar-refractivity contribution in [1.29, 1.82) is 0 Å². The summed E-state index contributed by atoms with van der Waals surface area (Å²) in [4.78, 5) is 41.2. The zero-order valence-corrected chi connectivity index (χ0v) is 16.3. The number of rotatable bonds is 4. The van der Waals surface area contributed by atoms with Crippen molar-refractivity contribution < 1.29 is 14.4 Å². The van der Waals surface area contributed by atoms with Crippen LogP contribution in [0.3, 0.4) is 0 Å². The van der Waals surface area contributed by atoms with Crippen LogP contribution in [0, 0.1) is 5.92 Å². The summed E-state index contributed by atoms with van der Waals surface area (Å²) in [6, 6.07) is 5.83. The number of nitrogens with zero attached hydrogens (tertiary/aromatic N) is 2. The highest BCUT2D eigenvalue weighted by Gasteiger charge is 2.55. The van der Waals surface area contributed by atoms with Crippen molar-refractivity contribution in [3.8, 4) is 0 Å². The number of halogens is 1. The van der Waals surface area contributed by atoms with Crippen LogP contribution in [0.4, 0.5) is 10.5 Å². The molecular formula is C20H23ClN4O3. The molecule has 1 aromatic carbocycles. The predicted octanol–water partition coefficient (Wildman–Crippen LogP) is 1.68. The Bertz CT molecular complexity index is 871. The second-order valence-electron chi connectivity index (χ2n) is 8.32. The summed E-state index contributed by atoms with van der Waals surface area (Å²) in [5.41, 5.74) is 1.57. The number of carbonyl (C=O) groups excluding carboxylic acids is 3. The van der Waals surface area contributed by atoms with Gasteiger partial charge in [0.25, 0.3) is 5.91 Å². The number of hydrogen-bond donors (Lipinski definition) is 2. The molecule has 3 aliphatic heterocycles. The van der Waals surface area contributed by atoms with Crippen molar-refractivity contribution in [2.75, 3.05) is 24.5 Å². The standard InChI is InChI=1S/C20H23ClN4O3/c21-14-3-4-16-12(9-14)10-15-11-24(7-8-25(15)16)17(26)5-6-20(13-1-2-13)18(27)22-19(28)23-20/h3-4,9,13,15H,1-2,5-8,10-11H2,(H2,22,23,27,28)/t15?,20-/m0/s1. The average molecular weight is 403 g/mol. The van der Waals surface area contributed by atoms with E-state index in [0.717, 1.165) is 30.8 Å². The first kappa shape index (κ1) is 17.8. The molecule has 0 aromatic heterocycles. The van der Waals surface area contributed by atoms with Gasteiger partial charge in [-0.25, -0.2) is 4.79 Å². The molecule has 1 aromatic rings. The Labute approximate surface area is 168 Å². The Kier molecular flexibility index (Phi) is 4.05. The molecule has 1 saturated carbocycles. The van der Waals surface area contributed by atoms with E-state index >= 15 is 0 Å². The first-order chi connectivity index (χ1) is 13.5. The predicted molar refractivity (Wildman–Crippen MR) is 104 cm³/mol. The number of benzene rings is 1. The van der Waals surface area contributed by atoms with Gasteiger partial charge in [-0.3, -0.25) is 14.9 Å². The van der Waals surface area contributed by atoms with Crippen molar-refractivity contribution >= 4 is 35.1 Å². The van der Waals surface area contributed by atoms with Crippen LogP contribution in [-0.4, -0.2) is 54.0 Å². The summed E-state index contributed by atoms with van der Waals surface area (Å²) in [7, 11) is 0. The molecule has 0 spiro atoms. The van der Waals surface area contributed by atoms with Crippen LogP contribution in [0.15, 0.2) is 18.2 Å². The molecule has 8 heteroatoms. The number of piperazine rings is 1. The molecule has 3 fully saturated rings. The van der Waals surface area contributed by atoms with Crippen LogP contribution in [-0.2, 0) is 16.0 Å². The van der Waals surface area contributed by atoms with Crippen LogP contribution in [0.5, 0.6) is 0 Å². The Morgan fingerprint density at radius 3 is 2.79 bits per heavy atom. The molecule has 1 aliphatic carbocycles. The topological polar surface area (TPSA) is 81.8 Å². The fraction of sp³-hybridized carbons (Fsp3) is 0.550. The van der Waals surface area contributed by atoms with E-state index in [1.165, 1.54) is 11.3 Å². The largest absolute Gasteiger partial charge is 0.364 e. The summed E-state index contributed by atoms with van der Waals surface area (Å²) in [6.45, 7) is 2.16. The van der Waals surface area contributed by atoms with Crippen LogP contribution >= 0.6 is 11.6 Å². The zero-order chi connectivity index (χ0) is 19.5. The van der Waals surface area contributed by atoms with Gasteiger partial charge in [-0.15, -0.1) is 0 Å². The van der Waals surface area contributed by atoms with Gasteiger partial charge in [0, 0.05) is 36.8 Å². The summed E-state index contributed by atoms with van der Waals surface area (Å²) in [6.07, 6.45) is 3.38.